The third-order valence-corrected chi connectivity index (χ3v) is 6.71. The number of halogens is 1. The van der Waals surface area contributed by atoms with E-state index in [4.69, 9.17) is 4.74 Å². The highest BCUT2D eigenvalue weighted by Crippen LogP contribution is 2.34. The van der Waals surface area contributed by atoms with Crippen molar-refractivity contribution >= 4 is 34.1 Å². The Morgan fingerprint density at radius 3 is 2.42 bits per heavy atom. The standard InChI is InChI=1S/C23H29FN4O4S/c1-15-19(23(31)32-4)21(33-20(15)22(30)26(2)3)25-18(29)14-28-10-8-27(9-11-28)13-16-6-5-7-17(24)12-16/h5-7,12H,8-11,13-14H2,1-4H3,(H,25,29). The summed E-state index contributed by atoms with van der Waals surface area (Å²) in [4.78, 5) is 43.6. The number of piperazine rings is 1. The molecule has 3 rings (SSSR count). The van der Waals surface area contributed by atoms with Crippen LogP contribution in [0, 0.1) is 12.7 Å². The summed E-state index contributed by atoms with van der Waals surface area (Å²) >= 11 is 1.08. The number of rotatable bonds is 7. The van der Waals surface area contributed by atoms with Crippen LogP contribution in [0.5, 0.6) is 0 Å². The molecule has 1 aliphatic rings. The number of esters is 1. The topological polar surface area (TPSA) is 82.2 Å². The van der Waals surface area contributed by atoms with Crippen LogP contribution in [0.2, 0.25) is 0 Å². The van der Waals surface area contributed by atoms with Crippen LogP contribution in [-0.4, -0.2) is 86.4 Å². The van der Waals surface area contributed by atoms with Crippen molar-refractivity contribution in [2.75, 3.05) is 59.2 Å². The Hall–Kier alpha value is -2.82. The molecule has 0 saturated carbocycles. The summed E-state index contributed by atoms with van der Waals surface area (Å²) in [6, 6.07) is 6.58. The van der Waals surface area contributed by atoms with Crippen molar-refractivity contribution in [2.24, 2.45) is 0 Å². The number of methoxy groups -OCH3 is 1. The molecule has 10 heteroatoms. The molecule has 2 aromatic rings. The molecule has 0 aliphatic carbocycles. The Labute approximate surface area is 196 Å². The molecule has 0 atom stereocenters. The monoisotopic (exact) mass is 476 g/mol. The molecule has 178 valence electrons. The zero-order valence-electron chi connectivity index (χ0n) is 19.3. The lowest BCUT2D eigenvalue weighted by Crippen LogP contribution is -2.48. The number of carbonyl (C=O) groups excluding carboxylic acids is 3. The summed E-state index contributed by atoms with van der Waals surface area (Å²) in [5.74, 6) is -1.34. The van der Waals surface area contributed by atoms with Gasteiger partial charge in [0.1, 0.15) is 10.8 Å². The van der Waals surface area contributed by atoms with Gasteiger partial charge in [0.2, 0.25) is 5.91 Å². The van der Waals surface area contributed by atoms with Crippen LogP contribution in [-0.2, 0) is 16.1 Å². The summed E-state index contributed by atoms with van der Waals surface area (Å²) in [6.07, 6.45) is 0. The van der Waals surface area contributed by atoms with Crippen molar-refractivity contribution in [3.8, 4) is 0 Å². The molecule has 0 radical (unpaired) electrons. The van der Waals surface area contributed by atoms with Crippen LogP contribution >= 0.6 is 11.3 Å². The van der Waals surface area contributed by atoms with Crippen molar-refractivity contribution in [2.45, 2.75) is 13.5 Å². The van der Waals surface area contributed by atoms with Gasteiger partial charge in [0.05, 0.1) is 24.1 Å². The van der Waals surface area contributed by atoms with E-state index in [-0.39, 0.29) is 29.7 Å². The van der Waals surface area contributed by atoms with Crippen LogP contribution < -0.4 is 5.32 Å². The van der Waals surface area contributed by atoms with Gasteiger partial charge in [-0.05, 0) is 30.2 Å². The van der Waals surface area contributed by atoms with Gasteiger partial charge in [0.25, 0.3) is 5.91 Å². The van der Waals surface area contributed by atoms with E-state index in [1.165, 1.54) is 24.1 Å². The second-order valence-electron chi connectivity index (χ2n) is 8.18. The lowest BCUT2D eigenvalue weighted by molar-refractivity contribution is -0.117. The molecule has 1 fully saturated rings. The van der Waals surface area contributed by atoms with E-state index >= 15 is 0 Å². The summed E-state index contributed by atoms with van der Waals surface area (Å²) in [5, 5.41) is 3.12. The second kappa shape index (κ2) is 10.9. The van der Waals surface area contributed by atoms with Gasteiger partial charge >= 0.3 is 5.97 Å². The van der Waals surface area contributed by atoms with Crippen molar-refractivity contribution in [3.05, 3.63) is 51.7 Å². The molecule has 33 heavy (non-hydrogen) atoms. The molecule has 2 amide bonds. The first-order chi connectivity index (χ1) is 15.7. The highest BCUT2D eigenvalue weighted by Gasteiger charge is 2.27. The van der Waals surface area contributed by atoms with E-state index in [9.17, 15) is 18.8 Å². The fraction of sp³-hybridized carbons (Fsp3) is 0.435. The van der Waals surface area contributed by atoms with Crippen molar-refractivity contribution in [1.29, 1.82) is 0 Å². The van der Waals surface area contributed by atoms with Crippen LogP contribution in [0.4, 0.5) is 9.39 Å². The molecule has 1 N–H and O–H groups in total. The van der Waals surface area contributed by atoms with Gasteiger partial charge in [-0.15, -0.1) is 11.3 Å². The molecule has 0 unspecified atom stereocenters. The Balaban J connectivity index is 1.60. The maximum atomic E-state index is 13.4. The summed E-state index contributed by atoms with van der Waals surface area (Å²) in [7, 11) is 4.53. The Morgan fingerprint density at radius 1 is 1.15 bits per heavy atom. The predicted octanol–water partition coefficient (Wildman–Crippen LogP) is 2.44. The first-order valence-electron chi connectivity index (χ1n) is 10.6. The number of thiophene rings is 1. The molecule has 8 nitrogen and oxygen atoms in total. The van der Waals surface area contributed by atoms with Crippen molar-refractivity contribution in [1.82, 2.24) is 14.7 Å². The molecular weight excluding hydrogens is 447 g/mol. The van der Waals surface area contributed by atoms with E-state index in [2.05, 4.69) is 10.2 Å². The molecular formula is C23H29FN4O4S. The van der Waals surface area contributed by atoms with E-state index in [1.54, 1.807) is 27.1 Å². The minimum atomic E-state index is -0.595. The Kier molecular flexibility index (Phi) is 8.17. The summed E-state index contributed by atoms with van der Waals surface area (Å²) in [5.41, 5.74) is 1.63. The number of hydrogen-bond donors (Lipinski definition) is 1. The smallest absolute Gasteiger partial charge is 0.341 e. The van der Waals surface area contributed by atoms with Gasteiger partial charge < -0.3 is 15.0 Å². The third kappa shape index (κ3) is 6.16. The predicted molar refractivity (Wildman–Crippen MR) is 125 cm³/mol. The van der Waals surface area contributed by atoms with Gasteiger partial charge in [-0.3, -0.25) is 19.4 Å². The number of nitrogens with one attached hydrogen (secondary N) is 1. The zero-order valence-corrected chi connectivity index (χ0v) is 20.1. The fourth-order valence-electron chi connectivity index (χ4n) is 3.72. The average Bonchev–Trinajstić information content (AvgIpc) is 3.09. The van der Waals surface area contributed by atoms with E-state index < -0.39 is 5.97 Å². The minimum Gasteiger partial charge on any atom is -0.465 e. The second-order valence-corrected chi connectivity index (χ2v) is 9.20. The molecule has 1 saturated heterocycles. The van der Waals surface area contributed by atoms with Crippen LogP contribution in [0.1, 0.15) is 31.2 Å². The Bertz CT molecular complexity index is 1030. The number of amides is 2. The van der Waals surface area contributed by atoms with E-state index in [0.717, 1.165) is 30.0 Å². The highest BCUT2D eigenvalue weighted by atomic mass is 32.1. The van der Waals surface area contributed by atoms with Gasteiger partial charge in [-0.25, -0.2) is 9.18 Å². The molecule has 2 heterocycles. The quantitative estimate of drug-likeness (QED) is 0.619. The number of benzene rings is 1. The zero-order chi connectivity index (χ0) is 24.1. The highest BCUT2D eigenvalue weighted by molar-refractivity contribution is 7.18. The maximum Gasteiger partial charge on any atom is 0.341 e. The number of hydrogen-bond acceptors (Lipinski definition) is 7. The third-order valence-electron chi connectivity index (χ3n) is 5.52. The largest absolute Gasteiger partial charge is 0.465 e. The van der Waals surface area contributed by atoms with Gasteiger partial charge in [0.15, 0.2) is 0 Å². The van der Waals surface area contributed by atoms with E-state index in [1.807, 2.05) is 11.0 Å². The average molecular weight is 477 g/mol. The lowest BCUT2D eigenvalue weighted by Gasteiger charge is -2.34. The first kappa shape index (κ1) is 24.8. The van der Waals surface area contributed by atoms with Gasteiger partial charge in [-0.1, -0.05) is 12.1 Å². The fourth-order valence-corrected chi connectivity index (χ4v) is 4.96. The molecule has 1 aromatic heterocycles. The van der Waals surface area contributed by atoms with Crippen LogP contribution in [0.15, 0.2) is 24.3 Å². The molecule has 1 aliphatic heterocycles. The Morgan fingerprint density at radius 2 is 1.82 bits per heavy atom. The first-order valence-corrected chi connectivity index (χ1v) is 11.4. The van der Waals surface area contributed by atoms with Crippen molar-refractivity contribution < 1.29 is 23.5 Å². The van der Waals surface area contributed by atoms with Crippen molar-refractivity contribution in [3.63, 3.8) is 0 Å². The molecule has 0 bridgehead atoms. The number of nitrogens with zero attached hydrogens (tertiary/aromatic N) is 3. The van der Waals surface area contributed by atoms with Crippen LogP contribution in [0.25, 0.3) is 0 Å². The summed E-state index contributed by atoms with van der Waals surface area (Å²) < 4.78 is 18.3. The normalized spacial score (nSPS) is 14.7. The SMILES string of the molecule is COC(=O)c1c(NC(=O)CN2CCN(Cc3cccc(F)c3)CC2)sc(C(=O)N(C)C)c1C. The number of anilines is 1. The molecule has 1 aromatic carbocycles. The van der Waals surface area contributed by atoms with E-state index in [0.29, 0.717) is 35.1 Å². The molecule has 0 spiro atoms. The van der Waals surface area contributed by atoms with Crippen LogP contribution in [0.3, 0.4) is 0 Å². The van der Waals surface area contributed by atoms with Gasteiger partial charge in [-0.2, -0.15) is 0 Å². The number of carbonyl (C=O) groups is 3. The number of ether oxygens (including phenoxy) is 1. The summed E-state index contributed by atoms with van der Waals surface area (Å²) in [6.45, 7) is 5.42. The minimum absolute atomic E-state index is 0.169. The maximum absolute atomic E-state index is 13.4. The van der Waals surface area contributed by atoms with Gasteiger partial charge in [0, 0.05) is 46.8 Å². The lowest BCUT2D eigenvalue weighted by atomic mass is 10.1.